The smallest absolute Gasteiger partial charge is 0.233 e. The van der Waals surface area contributed by atoms with Gasteiger partial charge in [0, 0.05) is 24.8 Å². The first-order chi connectivity index (χ1) is 10.4. The highest BCUT2D eigenvalue weighted by Gasteiger charge is 2.41. The van der Waals surface area contributed by atoms with Gasteiger partial charge in [0.25, 0.3) is 0 Å². The number of carbonyl (C=O) groups excluding carboxylic acids is 3. The molecule has 22 heavy (non-hydrogen) atoms. The Balaban J connectivity index is 0.00000116. The molecule has 0 N–H and O–H groups in total. The van der Waals surface area contributed by atoms with E-state index in [9.17, 15) is 14.4 Å². The lowest BCUT2D eigenvalue weighted by atomic mass is 9.80. The summed E-state index contributed by atoms with van der Waals surface area (Å²) in [4.78, 5) is 37.1. The molecule has 1 atom stereocenters. The van der Waals surface area contributed by atoms with Gasteiger partial charge in [-0.3, -0.25) is 19.3 Å². The molecule has 0 aromatic carbocycles. The van der Waals surface area contributed by atoms with Crippen LogP contribution in [-0.4, -0.2) is 29.0 Å². The van der Waals surface area contributed by atoms with Crippen LogP contribution in [0, 0.1) is 23.7 Å². The van der Waals surface area contributed by atoms with Crippen LogP contribution in [0.2, 0.25) is 0 Å². The zero-order valence-corrected chi connectivity index (χ0v) is 14.7. The lowest BCUT2D eigenvalue weighted by Crippen LogP contribution is -2.37. The van der Waals surface area contributed by atoms with Gasteiger partial charge in [-0.05, 0) is 44.4 Å². The maximum Gasteiger partial charge on any atom is 0.233 e. The number of rotatable bonds is 4. The maximum atomic E-state index is 12.3. The summed E-state index contributed by atoms with van der Waals surface area (Å²) < 4.78 is 0. The molecule has 2 rings (SSSR count). The second-order valence-electron chi connectivity index (χ2n) is 6.73. The van der Waals surface area contributed by atoms with E-state index < -0.39 is 0 Å². The molecule has 2 aliphatic rings. The van der Waals surface area contributed by atoms with Crippen LogP contribution in [0.15, 0.2) is 0 Å². The Hall–Kier alpha value is -1.19. The van der Waals surface area contributed by atoms with Crippen LogP contribution in [0.1, 0.15) is 66.7 Å². The van der Waals surface area contributed by atoms with Crippen molar-refractivity contribution in [2.24, 2.45) is 23.7 Å². The minimum absolute atomic E-state index is 0.0117. The summed E-state index contributed by atoms with van der Waals surface area (Å²) in [5, 5.41) is 0. The lowest BCUT2D eigenvalue weighted by Gasteiger charge is -2.29. The van der Waals surface area contributed by atoms with Crippen molar-refractivity contribution in [3.05, 3.63) is 0 Å². The Bertz CT molecular complexity index is 409. The minimum atomic E-state index is -0.129. The maximum absolute atomic E-state index is 12.3. The molecule has 0 aromatic rings. The van der Waals surface area contributed by atoms with Gasteiger partial charge in [0.05, 0.1) is 0 Å². The molecule has 4 heteroatoms. The fraction of sp³-hybridized carbons (Fsp3) is 0.833. The number of hydrogen-bond donors (Lipinski definition) is 0. The van der Waals surface area contributed by atoms with Gasteiger partial charge >= 0.3 is 0 Å². The van der Waals surface area contributed by atoms with Gasteiger partial charge in [-0.15, -0.1) is 0 Å². The van der Waals surface area contributed by atoms with Crippen molar-refractivity contribution in [3.8, 4) is 0 Å². The lowest BCUT2D eigenvalue weighted by molar-refractivity contribution is -0.141. The van der Waals surface area contributed by atoms with E-state index in [1.54, 1.807) is 6.92 Å². The van der Waals surface area contributed by atoms with Gasteiger partial charge < -0.3 is 0 Å². The first-order valence-corrected chi connectivity index (χ1v) is 8.74. The highest BCUT2D eigenvalue weighted by molar-refractivity contribution is 6.03. The summed E-state index contributed by atoms with van der Waals surface area (Å²) in [5.41, 5.74) is 0. The number of likely N-dealkylation sites (tertiary alicyclic amines) is 1. The average Bonchev–Trinajstić information content (AvgIpc) is 2.78. The van der Waals surface area contributed by atoms with E-state index in [1.165, 1.54) is 4.90 Å². The largest absolute Gasteiger partial charge is 0.300 e. The van der Waals surface area contributed by atoms with E-state index in [4.69, 9.17) is 0 Å². The first-order valence-electron chi connectivity index (χ1n) is 8.74. The molecule has 126 valence electrons. The van der Waals surface area contributed by atoms with Gasteiger partial charge in [0.15, 0.2) is 0 Å². The standard InChI is InChI=1S/C16H25NO3.C2H6/c1-10(2)14-8-15(19)17(16(14)20)9-12-4-6-13(7-5-12)11(3)18;1-2/h10,12-14H,4-9H2,1-3H3;1-2H3. The molecule has 1 heterocycles. The van der Waals surface area contributed by atoms with E-state index in [0.717, 1.165) is 25.7 Å². The molecule has 1 saturated heterocycles. The summed E-state index contributed by atoms with van der Waals surface area (Å²) in [6.45, 7) is 10.2. The monoisotopic (exact) mass is 309 g/mol. The minimum Gasteiger partial charge on any atom is -0.300 e. The van der Waals surface area contributed by atoms with Crippen molar-refractivity contribution in [2.75, 3.05) is 6.54 Å². The normalized spacial score (nSPS) is 28.6. The zero-order valence-electron chi connectivity index (χ0n) is 14.7. The Morgan fingerprint density at radius 3 is 2.09 bits per heavy atom. The quantitative estimate of drug-likeness (QED) is 0.748. The SMILES string of the molecule is CC.CC(=O)C1CCC(CN2C(=O)CC(C(C)C)C2=O)CC1. The van der Waals surface area contributed by atoms with E-state index in [2.05, 4.69) is 0 Å². The van der Waals surface area contributed by atoms with Crippen LogP contribution in [0.3, 0.4) is 0 Å². The van der Waals surface area contributed by atoms with E-state index in [1.807, 2.05) is 27.7 Å². The molecule has 4 nitrogen and oxygen atoms in total. The highest BCUT2D eigenvalue weighted by Crippen LogP contribution is 2.33. The third kappa shape index (κ3) is 4.40. The molecule has 2 fully saturated rings. The van der Waals surface area contributed by atoms with Crippen molar-refractivity contribution in [3.63, 3.8) is 0 Å². The number of ketones is 1. The van der Waals surface area contributed by atoms with Gasteiger partial charge in [-0.25, -0.2) is 0 Å². The molecule has 0 radical (unpaired) electrons. The van der Waals surface area contributed by atoms with Crippen LogP contribution in [0.5, 0.6) is 0 Å². The van der Waals surface area contributed by atoms with Gasteiger partial charge in [0.1, 0.15) is 5.78 Å². The fourth-order valence-electron chi connectivity index (χ4n) is 3.43. The molecule has 2 amide bonds. The average molecular weight is 309 g/mol. The number of amides is 2. The number of hydrogen-bond acceptors (Lipinski definition) is 3. The summed E-state index contributed by atoms with van der Waals surface area (Å²) in [6, 6.07) is 0. The van der Waals surface area contributed by atoms with E-state index in [-0.39, 0.29) is 35.4 Å². The predicted octanol–water partition coefficient (Wildman–Crippen LogP) is 3.44. The zero-order chi connectivity index (χ0) is 16.9. The van der Waals surface area contributed by atoms with Crippen molar-refractivity contribution in [2.45, 2.75) is 66.7 Å². The van der Waals surface area contributed by atoms with E-state index in [0.29, 0.717) is 18.9 Å². The summed E-state index contributed by atoms with van der Waals surface area (Å²) in [5.74, 6) is 0.947. The molecular formula is C18H31NO3. The van der Waals surface area contributed by atoms with Crippen molar-refractivity contribution >= 4 is 17.6 Å². The molecule has 0 spiro atoms. The fourth-order valence-corrected chi connectivity index (χ4v) is 3.43. The van der Waals surface area contributed by atoms with Crippen LogP contribution in [0.4, 0.5) is 0 Å². The summed E-state index contributed by atoms with van der Waals surface area (Å²) in [6.07, 6.45) is 4.09. The van der Waals surface area contributed by atoms with Crippen LogP contribution in [0.25, 0.3) is 0 Å². The molecule has 1 saturated carbocycles. The highest BCUT2D eigenvalue weighted by atomic mass is 16.2. The number of imide groups is 1. The summed E-state index contributed by atoms with van der Waals surface area (Å²) in [7, 11) is 0. The third-order valence-electron chi connectivity index (χ3n) is 4.95. The number of nitrogens with zero attached hydrogens (tertiary/aromatic N) is 1. The van der Waals surface area contributed by atoms with Crippen molar-refractivity contribution < 1.29 is 14.4 Å². The predicted molar refractivity (Wildman–Crippen MR) is 87.1 cm³/mol. The number of Topliss-reactive ketones (excluding diaryl/α,β-unsaturated/α-hetero) is 1. The van der Waals surface area contributed by atoms with Crippen molar-refractivity contribution in [1.29, 1.82) is 0 Å². The van der Waals surface area contributed by atoms with Crippen molar-refractivity contribution in [1.82, 2.24) is 4.90 Å². The topological polar surface area (TPSA) is 54.5 Å². The molecule has 1 aliphatic carbocycles. The van der Waals surface area contributed by atoms with E-state index >= 15 is 0 Å². The second kappa shape index (κ2) is 8.44. The molecule has 0 bridgehead atoms. The van der Waals surface area contributed by atoms with Gasteiger partial charge in [0.2, 0.25) is 11.8 Å². The van der Waals surface area contributed by atoms with Crippen LogP contribution in [-0.2, 0) is 14.4 Å². The first kappa shape index (κ1) is 18.9. The Kier molecular flexibility index (Phi) is 7.24. The Labute approximate surface area is 134 Å². The van der Waals surface area contributed by atoms with Crippen LogP contribution < -0.4 is 0 Å². The molecule has 1 unspecified atom stereocenters. The Morgan fingerprint density at radius 1 is 1.14 bits per heavy atom. The van der Waals surface area contributed by atoms with Gasteiger partial charge in [-0.1, -0.05) is 27.7 Å². The summed E-state index contributed by atoms with van der Waals surface area (Å²) >= 11 is 0. The third-order valence-corrected chi connectivity index (χ3v) is 4.95. The number of carbonyl (C=O) groups is 3. The molecule has 1 aliphatic heterocycles. The van der Waals surface area contributed by atoms with Crippen LogP contribution >= 0.6 is 0 Å². The molecular weight excluding hydrogens is 278 g/mol. The van der Waals surface area contributed by atoms with Gasteiger partial charge in [-0.2, -0.15) is 0 Å². The molecule has 0 aromatic heterocycles. The Morgan fingerprint density at radius 2 is 1.68 bits per heavy atom. The second-order valence-corrected chi connectivity index (χ2v) is 6.73.